The summed E-state index contributed by atoms with van der Waals surface area (Å²) in [7, 11) is 0. The van der Waals surface area contributed by atoms with Crippen LogP contribution in [0.25, 0.3) is 0 Å². The van der Waals surface area contributed by atoms with Crippen molar-refractivity contribution in [3.05, 3.63) is 23.8 Å². The highest BCUT2D eigenvalue weighted by atomic mass is 16.5. The Bertz CT molecular complexity index is 504. The predicted molar refractivity (Wildman–Crippen MR) is 78.0 cm³/mol. The molecule has 1 heterocycles. The summed E-state index contributed by atoms with van der Waals surface area (Å²) >= 11 is 0. The molecule has 3 N–H and O–H groups in total. The van der Waals surface area contributed by atoms with E-state index in [1.807, 2.05) is 25.1 Å². The fraction of sp³-hybridized carbons (Fsp3) is 0.533. The maximum absolute atomic E-state index is 11.8. The van der Waals surface area contributed by atoms with Crippen molar-refractivity contribution in [2.45, 2.75) is 32.3 Å². The minimum Gasteiger partial charge on any atom is -0.494 e. The maximum Gasteiger partial charge on any atom is 0.223 e. The first-order valence-corrected chi connectivity index (χ1v) is 6.95. The van der Waals surface area contributed by atoms with Crippen molar-refractivity contribution in [2.75, 3.05) is 24.6 Å². The number of rotatable bonds is 3. The van der Waals surface area contributed by atoms with Crippen LogP contribution in [0.5, 0.6) is 5.75 Å². The second kappa shape index (κ2) is 5.81. The van der Waals surface area contributed by atoms with Crippen LogP contribution in [-0.2, 0) is 11.2 Å². The molecule has 1 atom stereocenters. The molecular formula is C15H22N2O3. The van der Waals surface area contributed by atoms with Gasteiger partial charge in [0.15, 0.2) is 0 Å². The van der Waals surface area contributed by atoms with Crippen molar-refractivity contribution in [1.82, 2.24) is 0 Å². The molecule has 20 heavy (non-hydrogen) atoms. The second-order valence-corrected chi connectivity index (χ2v) is 5.25. The van der Waals surface area contributed by atoms with Crippen LogP contribution in [0.4, 0.5) is 5.69 Å². The van der Waals surface area contributed by atoms with E-state index >= 15 is 0 Å². The van der Waals surface area contributed by atoms with Gasteiger partial charge in [0.1, 0.15) is 5.75 Å². The van der Waals surface area contributed by atoms with Crippen molar-refractivity contribution in [1.29, 1.82) is 0 Å². The van der Waals surface area contributed by atoms with E-state index in [9.17, 15) is 9.90 Å². The number of nitrogens with two attached hydrogens (primary N) is 1. The first-order valence-electron chi connectivity index (χ1n) is 6.95. The minimum atomic E-state index is -0.968. The Labute approximate surface area is 119 Å². The number of amides is 1. The molecule has 0 saturated carbocycles. The summed E-state index contributed by atoms with van der Waals surface area (Å²) in [6.45, 7) is 4.69. The van der Waals surface area contributed by atoms with E-state index in [2.05, 4.69) is 0 Å². The summed E-state index contributed by atoms with van der Waals surface area (Å²) in [6.07, 6.45) is 0.908. The average Bonchev–Trinajstić information content (AvgIpc) is 2.55. The van der Waals surface area contributed by atoms with Gasteiger partial charge in [-0.2, -0.15) is 0 Å². The van der Waals surface area contributed by atoms with Gasteiger partial charge in [-0.3, -0.25) is 4.79 Å². The van der Waals surface area contributed by atoms with Gasteiger partial charge in [-0.15, -0.1) is 0 Å². The smallest absolute Gasteiger partial charge is 0.223 e. The molecule has 0 radical (unpaired) electrons. The van der Waals surface area contributed by atoms with E-state index in [1.54, 1.807) is 4.90 Å². The van der Waals surface area contributed by atoms with Gasteiger partial charge in [0, 0.05) is 32.1 Å². The third-order valence-corrected chi connectivity index (χ3v) is 3.73. The van der Waals surface area contributed by atoms with Gasteiger partial charge in [0.25, 0.3) is 0 Å². The van der Waals surface area contributed by atoms with Crippen LogP contribution < -0.4 is 15.4 Å². The average molecular weight is 278 g/mol. The zero-order valence-corrected chi connectivity index (χ0v) is 12.1. The molecule has 1 aromatic rings. The number of benzene rings is 1. The van der Waals surface area contributed by atoms with Gasteiger partial charge in [-0.25, -0.2) is 0 Å². The fourth-order valence-corrected chi connectivity index (χ4v) is 2.61. The number of ether oxygens (including phenoxy) is 1. The van der Waals surface area contributed by atoms with E-state index in [1.165, 1.54) is 6.92 Å². The molecular weight excluding hydrogens is 256 g/mol. The highest BCUT2D eigenvalue weighted by molar-refractivity contribution is 5.92. The highest BCUT2D eigenvalue weighted by Crippen LogP contribution is 2.33. The van der Waals surface area contributed by atoms with Gasteiger partial charge in [0.05, 0.1) is 12.2 Å². The van der Waals surface area contributed by atoms with Crippen molar-refractivity contribution in [3.8, 4) is 5.75 Å². The standard InChI is InChI=1S/C15H22N2O3/c1-3-20-13-4-5-14-12(8-13)9-15(19,10-16)6-7-17(14)11(2)18/h4-5,8,19H,3,6-7,9-10,16H2,1-2H3. The lowest BCUT2D eigenvalue weighted by Crippen LogP contribution is -2.41. The van der Waals surface area contributed by atoms with Gasteiger partial charge < -0.3 is 20.5 Å². The number of fused-ring (bicyclic) bond motifs is 1. The topological polar surface area (TPSA) is 75.8 Å². The SMILES string of the molecule is CCOc1ccc2c(c1)CC(O)(CN)CCN2C(C)=O. The molecule has 0 saturated heterocycles. The van der Waals surface area contributed by atoms with Crippen molar-refractivity contribution in [2.24, 2.45) is 5.73 Å². The van der Waals surface area contributed by atoms with Crippen LogP contribution in [0.3, 0.4) is 0 Å². The zero-order valence-electron chi connectivity index (χ0n) is 12.1. The van der Waals surface area contributed by atoms with Crippen LogP contribution in [0.1, 0.15) is 25.8 Å². The van der Waals surface area contributed by atoms with Crippen molar-refractivity contribution >= 4 is 11.6 Å². The quantitative estimate of drug-likeness (QED) is 0.867. The van der Waals surface area contributed by atoms with Crippen LogP contribution in [0.2, 0.25) is 0 Å². The van der Waals surface area contributed by atoms with Gasteiger partial charge in [0.2, 0.25) is 5.91 Å². The molecule has 0 aliphatic carbocycles. The van der Waals surface area contributed by atoms with Crippen LogP contribution >= 0.6 is 0 Å². The van der Waals surface area contributed by atoms with Crippen LogP contribution in [0, 0.1) is 0 Å². The number of nitrogens with zero attached hydrogens (tertiary/aromatic N) is 1. The lowest BCUT2D eigenvalue weighted by atomic mass is 9.92. The normalized spacial score (nSPS) is 22.1. The monoisotopic (exact) mass is 278 g/mol. The number of aliphatic hydroxyl groups is 1. The molecule has 1 aliphatic heterocycles. The first-order chi connectivity index (χ1) is 9.49. The molecule has 1 amide bonds. The third kappa shape index (κ3) is 2.94. The van der Waals surface area contributed by atoms with Gasteiger partial charge in [-0.1, -0.05) is 0 Å². The molecule has 0 spiro atoms. The largest absolute Gasteiger partial charge is 0.494 e. The van der Waals surface area contributed by atoms with Crippen molar-refractivity contribution in [3.63, 3.8) is 0 Å². The molecule has 0 bridgehead atoms. The highest BCUT2D eigenvalue weighted by Gasteiger charge is 2.32. The summed E-state index contributed by atoms with van der Waals surface area (Å²) < 4.78 is 5.49. The Morgan fingerprint density at radius 3 is 2.90 bits per heavy atom. The van der Waals surface area contributed by atoms with Gasteiger partial charge >= 0.3 is 0 Å². The van der Waals surface area contributed by atoms with Crippen molar-refractivity contribution < 1.29 is 14.6 Å². The molecule has 1 aliphatic rings. The van der Waals surface area contributed by atoms with E-state index in [0.717, 1.165) is 17.0 Å². The number of anilines is 1. The van der Waals surface area contributed by atoms with Crippen LogP contribution in [-0.4, -0.2) is 36.3 Å². The molecule has 0 aromatic heterocycles. The molecule has 1 unspecified atom stereocenters. The minimum absolute atomic E-state index is 0.0309. The zero-order chi connectivity index (χ0) is 14.8. The Balaban J connectivity index is 2.44. The summed E-state index contributed by atoms with van der Waals surface area (Å²) in [5.74, 6) is 0.715. The molecule has 2 rings (SSSR count). The summed E-state index contributed by atoms with van der Waals surface area (Å²) in [5, 5.41) is 10.5. The Kier molecular flexibility index (Phi) is 4.30. The van der Waals surface area contributed by atoms with Crippen LogP contribution in [0.15, 0.2) is 18.2 Å². The van der Waals surface area contributed by atoms with Gasteiger partial charge in [-0.05, 0) is 37.1 Å². The maximum atomic E-state index is 11.8. The van der Waals surface area contributed by atoms with E-state index in [-0.39, 0.29) is 12.5 Å². The number of carbonyl (C=O) groups is 1. The second-order valence-electron chi connectivity index (χ2n) is 5.25. The molecule has 1 aromatic carbocycles. The Hall–Kier alpha value is -1.59. The Morgan fingerprint density at radius 2 is 2.30 bits per heavy atom. The molecule has 5 nitrogen and oxygen atoms in total. The lowest BCUT2D eigenvalue weighted by Gasteiger charge is -2.24. The number of carbonyl (C=O) groups excluding carboxylic acids is 1. The number of hydrogen-bond acceptors (Lipinski definition) is 4. The summed E-state index contributed by atoms with van der Waals surface area (Å²) in [6, 6.07) is 5.62. The number of hydrogen-bond donors (Lipinski definition) is 2. The summed E-state index contributed by atoms with van der Waals surface area (Å²) in [5.41, 5.74) is 6.47. The first kappa shape index (κ1) is 14.8. The molecule has 110 valence electrons. The lowest BCUT2D eigenvalue weighted by molar-refractivity contribution is -0.116. The summed E-state index contributed by atoms with van der Waals surface area (Å²) in [4.78, 5) is 13.5. The predicted octanol–water partition coefficient (Wildman–Crippen LogP) is 1.07. The Morgan fingerprint density at radius 1 is 1.55 bits per heavy atom. The molecule has 0 fully saturated rings. The fourth-order valence-electron chi connectivity index (χ4n) is 2.61. The molecule has 5 heteroatoms. The van der Waals surface area contributed by atoms with E-state index in [0.29, 0.717) is 26.0 Å². The third-order valence-electron chi connectivity index (χ3n) is 3.73. The van der Waals surface area contributed by atoms with E-state index < -0.39 is 5.60 Å². The van der Waals surface area contributed by atoms with E-state index in [4.69, 9.17) is 10.5 Å².